The average molecular weight is 1340 g/mol. The van der Waals surface area contributed by atoms with Crippen LogP contribution in [0.2, 0.25) is 0 Å². The number of aromatic amines is 4. The molecule has 4 aromatic heterocycles. The zero-order chi connectivity index (χ0) is 69.2. The fourth-order valence-corrected chi connectivity index (χ4v) is 12.4. The van der Waals surface area contributed by atoms with Gasteiger partial charge in [0.15, 0.2) is 0 Å². The number of imidazole rings is 2. The molecule has 2 fully saturated rings. The number of H-pyrrole nitrogens is 4. The molecule has 10 rings (SSSR count). The van der Waals surface area contributed by atoms with E-state index in [-0.39, 0.29) is 76.8 Å². The number of unbranched alkanes of at least 4 members (excludes halogenated alkanes) is 1. The zero-order valence-electron chi connectivity index (χ0n) is 53.6. The third-order valence-corrected chi connectivity index (χ3v) is 17.5. The Morgan fingerprint density at radius 1 is 0.561 bits per heavy atom. The quantitative estimate of drug-likeness (QED) is 0.0223. The van der Waals surface area contributed by atoms with E-state index < -0.39 is 127 Å². The standard InChI is InChI=1S/C68H80N18O12/c69-22-8-7-16-50(68(98)86-23-9-17-57(86)67(97)75-34-58(70)88)79-62(92)52(26-41-30-73-47-14-5-3-12-45(41)47)81-61(91)51(25-38-18-19-39-10-1-2-11-40(39)24-38)80-64(94)55(29-44-33-72-37-77-44)84-66(96)56(35-87)85-63(93)53(27-42-31-74-48-15-6-4-13-46(42)48)82-65(95)54(28-43-32-71-36-76-43)83-60(90)49-20-21-59(89)78-49/h1-6,10-15,18-19,24,30-33,36-37,49-57,73-74,87H,7-9,16-17,20-23,25-29,34-35,69H2,(H2,70,88)(H,71,76)(H,72,77)(H,75,97)(H,78,89)(H,79,92)(H,80,94)(H,81,91)(H,82,95)(H,83,90)(H,84,96)(H,85,93)/t49-,50-,51+,52-,53-,54-,55-,56-,57-/m0/s1. The first-order chi connectivity index (χ1) is 47.4. The Hall–Kier alpha value is -11.3. The van der Waals surface area contributed by atoms with Crippen LogP contribution in [0, 0.1) is 0 Å². The summed E-state index contributed by atoms with van der Waals surface area (Å²) >= 11 is 0. The Bertz CT molecular complexity index is 4170. The molecule has 0 bridgehead atoms. The number of hydrogen-bond acceptors (Lipinski definition) is 15. The van der Waals surface area contributed by atoms with Crippen LogP contribution in [0.25, 0.3) is 32.6 Å². The van der Waals surface area contributed by atoms with Gasteiger partial charge in [-0.2, -0.15) is 0 Å². The molecular weight excluding hydrogens is 1260 g/mol. The van der Waals surface area contributed by atoms with Gasteiger partial charge in [-0.1, -0.05) is 78.9 Å². The second kappa shape index (κ2) is 32.9. The minimum atomic E-state index is -1.78. The van der Waals surface area contributed by atoms with E-state index in [0.29, 0.717) is 58.2 Å². The van der Waals surface area contributed by atoms with Crippen molar-refractivity contribution < 1.29 is 57.8 Å². The minimum absolute atomic E-state index is 0.105. The summed E-state index contributed by atoms with van der Waals surface area (Å²) in [6.07, 6.45) is 10.1. The monoisotopic (exact) mass is 1340 g/mol. The number of para-hydroxylation sites is 2. The van der Waals surface area contributed by atoms with Crippen molar-refractivity contribution in [3.05, 3.63) is 157 Å². The number of likely N-dealkylation sites (tertiary alicyclic amines) is 1. The van der Waals surface area contributed by atoms with Gasteiger partial charge in [-0.25, -0.2) is 9.97 Å². The summed E-state index contributed by atoms with van der Waals surface area (Å²) in [5, 5.41) is 38.4. The molecule has 0 saturated carbocycles. The zero-order valence-corrected chi connectivity index (χ0v) is 53.6. The van der Waals surface area contributed by atoms with Crippen LogP contribution in [0.3, 0.4) is 0 Å². The van der Waals surface area contributed by atoms with Crippen molar-refractivity contribution in [3.63, 3.8) is 0 Å². The molecule has 2 saturated heterocycles. The highest BCUT2D eigenvalue weighted by Crippen LogP contribution is 2.24. The third kappa shape index (κ3) is 18.0. The maximum atomic E-state index is 15.4. The van der Waals surface area contributed by atoms with E-state index in [9.17, 15) is 43.5 Å². The van der Waals surface area contributed by atoms with Gasteiger partial charge in [-0.3, -0.25) is 52.7 Å². The number of aromatic nitrogens is 6. The Morgan fingerprint density at radius 2 is 1.07 bits per heavy atom. The van der Waals surface area contributed by atoms with Crippen molar-refractivity contribution in [3.8, 4) is 0 Å². The van der Waals surface area contributed by atoms with Gasteiger partial charge in [0.2, 0.25) is 65.0 Å². The maximum absolute atomic E-state index is 15.4. The van der Waals surface area contributed by atoms with Crippen LogP contribution in [-0.2, 0) is 84.8 Å². The maximum Gasteiger partial charge on any atom is 0.245 e. The van der Waals surface area contributed by atoms with Gasteiger partial charge in [0.25, 0.3) is 0 Å². The fraction of sp³-hybridized carbons (Fsp3) is 0.368. The number of fused-ring (bicyclic) bond motifs is 3. The Labute approximate surface area is 561 Å². The SMILES string of the molecule is NCCCC[C@H](NC(=O)[C@H](Cc1c[nH]c2ccccc12)NC(=O)[C@@H](Cc1ccc2ccccc2c1)NC(=O)[C@H](Cc1cnc[nH]1)NC(=O)[C@H](CO)NC(=O)[C@H](Cc1c[nH]c2ccccc12)NC(=O)[C@H](Cc1cnc[nH]1)NC(=O)[C@@H]1CCC(=O)N1)C(=O)N1CCC[C@H]1C(=O)NCC(N)=O. The second-order valence-electron chi connectivity index (χ2n) is 24.5. The van der Waals surface area contributed by atoms with Crippen molar-refractivity contribution in [2.75, 3.05) is 26.2 Å². The predicted molar refractivity (Wildman–Crippen MR) is 358 cm³/mol. The van der Waals surface area contributed by atoms with E-state index in [1.807, 2.05) is 72.8 Å². The van der Waals surface area contributed by atoms with Crippen LogP contribution in [0.4, 0.5) is 0 Å². The van der Waals surface area contributed by atoms with Gasteiger partial charge in [-0.05, 0) is 84.7 Å². The number of primary amides is 1. The largest absolute Gasteiger partial charge is 0.394 e. The summed E-state index contributed by atoms with van der Waals surface area (Å²) < 4.78 is 0. The molecule has 30 nitrogen and oxygen atoms in total. The number of aliphatic hydroxyl groups excluding tert-OH is 1. The highest BCUT2D eigenvalue weighted by Gasteiger charge is 2.40. The van der Waals surface area contributed by atoms with E-state index in [1.54, 1.807) is 30.6 Å². The predicted octanol–water partition coefficient (Wildman–Crippen LogP) is -0.852. The topological polar surface area (TPSA) is 460 Å². The van der Waals surface area contributed by atoms with Crippen LogP contribution in [0.15, 0.2) is 128 Å². The summed E-state index contributed by atoms with van der Waals surface area (Å²) in [6, 6.07) is 15.3. The van der Waals surface area contributed by atoms with Gasteiger partial charge < -0.3 is 89.3 Å². The molecule has 0 unspecified atom stereocenters. The molecule has 11 amide bonds. The lowest BCUT2D eigenvalue weighted by atomic mass is 9.99. The molecule has 98 heavy (non-hydrogen) atoms. The van der Waals surface area contributed by atoms with Crippen molar-refractivity contribution in [1.82, 2.24) is 82.7 Å². The normalized spacial score (nSPS) is 16.6. The van der Waals surface area contributed by atoms with Crippen LogP contribution >= 0.6 is 0 Å². The first-order valence-electron chi connectivity index (χ1n) is 32.5. The van der Waals surface area contributed by atoms with Crippen LogP contribution in [0.1, 0.15) is 73.0 Å². The molecule has 8 aromatic rings. The molecule has 9 atom stereocenters. The smallest absolute Gasteiger partial charge is 0.245 e. The molecule has 0 aliphatic carbocycles. The number of benzene rings is 4. The summed E-state index contributed by atoms with van der Waals surface area (Å²) in [4.78, 5) is 176. The number of carbonyl (C=O) groups is 11. The van der Waals surface area contributed by atoms with E-state index in [0.717, 1.165) is 21.7 Å². The molecule has 0 spiro atoms. The van der Waals surface area contributed by atoms with Gasteiger partial charge in [0.1, 0.15) is 54.4 Å². The molecule has 514 valence electrons. The van der Waals surface area contributed by atoms with Crippen molar-refractivity contribution in [2.45, 2.75) is 131 Å². The Balaban J connectivity index is 0.919. The van der Waals surface area contributed by atoms with Gasteiger partial charge in [0, 0.05) is 103 Å². The lowest BCUT2D eigenvalue weighted by Gasteiger charge is -2.30. The molecular formula is C68H80N18O12. The fourth-order valence-electron chi connectivity index (χ4n) is 12.4. The van der Waals surface area contributed by atoms with Crippen LogP contribution in [0.5, 0.6) is 0 Å². The Morgan fingerprint density at radius 3 is 1.60 bits per heavy atom. The molecule has 0 radical (unpaired) electrons. The first kappa shape index (κ1) is 69.6. The van der Waals surface area contributed by atoms with Gasteiger partial charge in [0.05, 0.1) is 25.8 Å². The van der Waals surface area contributed by atoms with E-state index in [2.05, 4.69) is 77.8 Å². The highest BCUT2D eigenvalue weighted by atomic mass is 16.3. The summed E-state index contributed by atoms with van der Waals surface area (Å²) in [6.45, 7) is -1.01. The third-order valence-electron chi connectivity index (χ3n) is 17.5. The summed E-state index contributed by atoms with van der Waals surface area (Å²) in [5.74, 6) is -8.27. The number of hydrogen-bond donors (Lipinski definition) is 16. The lowest BCUT2D eigenvalue weighted by Crippen LogP contribution is -2.62. The van der Waals surface area contributed by atoms with E-state index in [1.165, 1.54) is 29.9 Å². The molecule has 4 aromatic carbocycles. The molecule has 30 heteroatoms. The van der Waals surface area contributed by atoms with E-state index >= 15 is 14.4 Å². The number of rotatable bonds is 33. The molecule has 2 aliphatic rings. The van der Waals surface area contributed by atoms with Crippen LogP contribution < -0.4 is 59.3 Å². The minimum Gasteiger partial charge on any atom is -0.394 e. The molecule has 18 N–H and O–H groups in total. The first-order valence-corrected chi connectivity index (χ1v) is 32.5. The highest BCUT2D eigenvalue weighted by molar-refractivity contribution is 6.00. The van der Waals surface area contributed by atoms with Crippen LogP contribution in [-0.4, -0.2) is 186 Å². The molecule has 6 heterocycles. The summed E-state index contributed by atoms with van der Waals surface area (Å²) in [7, 11) is 0. The number of aliphatic hydroxyl groups is 1. The average Bonchev–Trinajstić information content (AvgIpc) is 1.84. The number of nitrogens with two attached hydrogens (primary N) is 2. The number of nitrogens with one attached hydrogen (secondary N) is 13. The van der Waals surface area contributed by atoms with Crippen molar-refractivity contribution >= 4 is 97.6 Å². The van der Waals surface area contributed by atoms with Gasteiger partial charge in [-0.15, -0.1) is 0 Å². The second-order valence-corrected chi connectivity index (χ2v) is 24.5. The summed E-state index contributed by atoms with van der Waals surface area (Å²) in [5.41, 5.74) is 15.2. The number of nitrogens with zero attached hydrogens (tertiary/aromatic N) is 3. The van der Waals surface area contributed by atoms with Crippen molar-refractivity contribution in [2.24, 2.45) is 11.5 Å². The number of amides is 11. The van der Waals surface area contributed by atoms with E-state index in [4.69, 9.17) is 11.5 Å². The molecule has 2 aliphatic heterocycles. The van der Waals surface area contributed by atoms with Gasteiger partial charge >= 0.3 is 0 Å². The van der Waals surface area contributed by atoms with Crippen molar-refractivity contribution in [1.29, 1.82) is 0 Å². The lowest BCUT2D eigenvalue weighted by molar-refractivity contribution is -0.142. The Kier molecular flexibility index (Phi) is 23.4. The number of carbonyl (C=O) groups excluding carboxylic acids is 11.